The minimum atomic E-state index is -0.583. The van der Waals surface area contributed by atoms with Crippen LogP contribution in [-0.2, 0) is 30.7 Å². The summed E-state index contributed by atoms with van der Waals surface area (Å²) in [5, 5.41) is 0. The van der Waals surface area contributed by atoms with Crippen LogP contribution in [0.25, 0.3) is 11.2 Å². The molecule has 0 atom stereocenters. The first-order chi connectivity index (χ1) is 23.5. The van der Waals surface area contributed by atoms with Crippen LogP contribution in [-0.4, -0.2) is 60.2 Å². The SMILES string of the molecule is CC(=O)C(C)=O.Cc1nc2[nH]c(=O)n(C)c(=O)c2nc1C.Cn1c(=O)[nH]c(N)c(N)c1=O.Cn1c(=O)cc(N)[nH]c1=O.Nc1cc(=O)[nH]c(=O)[nH]1. The van der Waals surface area contributed by atoms with Crippen LogP contribution in [0.2, 0.25) is 0 Å². The lowest BCUT2D eigenvalue weighted by molar-refractivity contribution is -0.134. The third-order valence-corrected chi connectivity index (χ3v) is 6.16. The fourth-order valence-corrected chi connectivity index (χ4v) is 2.99. The molecular formula is C27H36N14O10. The fraction of sp³-hybridized carbons (Fsp3) is 0.259. The number of hydrogen-bond acceptors (Lipinski definition) is 16. The molecule has 0 bridgehead atoms. The number of nitrogens with zero attached hydrogens (tertiary/aromatic N) is 5. The van der Waals surface area contributed by atoms with Gasteiger partial charge in [-0.3, -0.25) is 67.4 Å². The van der Waals surface area contributed by atoms with Gasteiger partial charge in [0.1, 0.15) is 23.1 Å². The standard InChI is InChI=1S/C9H10N4O2.C5H8N4O2.C5H7N3O2.C4H5N3O2.C4H6O2/c1-4-5(2)11-7-6(10-4)8(14)13(3)9(15)12-7;1-9-4(10)2(6)3(7)8-5(9)11;1-8-4(9)2-3(6)7-5(8)10;5-2-1-3(8)7-4(9)6-2;1-3(5)4(2)6/h1-3H3,(H,11,12,15);6-7H2,1H3,(H,8,11);2H,6H2,1H3,(H,7,10);1H,(H4,5,6,7,8,9);1-2H3. The van der Waals surface area contributed by atoms with E-state index in [1.807, 2.05) is 4.98 Å². The van der Waals surface area contributed by atoms with Gasteiger partial charge < -0.3 is 22.9 Å². The molecule has 0 spiro atoms. The molecule has 13 N–H and O–H groups in total. The zero-order valence-electron chi connectivity index (χ0n) is 28.3. The third kappa shape index (κ3) is 12.0. The Bertz CT molecular complexity index is 2490. The van der Waals surface area contributed by atoms with E-state index < -0.39 is 45.0 Å². The summed E-state index contributed by atoms with van der Waals surface area (Å²) >= 11 is 0. The zero-order chi connectivity index (χ0) is 39.5. The van der Waals surface area contributed by atoms with Crippen molar-refractivity contribution < 1.29 is 9.59 Å². The lowest BCUT2D eigenvalue weighted by Gasteiger charge is -2.02. The van der Waals surface area contributed by atoms with Crippen molar-refractivity contribution in [3.63, 3.8) is 0 Å². The van der Waals surface area contributed by atoms with Gasteiger partial charge in [0.05, 0.1) is 11.4 Å². The van der Waals surface area contributed by atoms with Gasteiger partial charge in [0.25, 0.3) is 22.2 Å². The van der Waals surface area contributed by atoms with E-state index >= 15 is 0 Å². The number of rotatable bonds is 1. The number of nitrogen functional groups attached to an aromatic ring is 4. The molecule has 0 radical (unpaired) electrons. The predicted molar refractivity (Wildman–Crippen MR) is 186 cm³/mol. The number of aromatic nitrogens is 10. The number of hydrogen-bond donors (Lipinski definition) is 9. The van der Waals surface area contributed by atoms with E-state index in [4.69, 9.17) is 22.9 Å². The number of nitrogens with one attached hydrogen (secondary N) is 5. The van der Waals surface area contributed by atoms with Crippen molar-refractivity contribution in [2.24, 2.45) is 21.1 Å². The van der Waals surface area contributed by atoms with Gasteiger partial charge in [-0.15, -0.1) is 0 Å². The monoisotopic (exact) mass is 716 g/mol. The molecule has 24 nitrogen and oxygen atoms in total. The van der Waals surface area contributed by atoms with Crippen LogP contribution in [0.4, 0.5) is 23.1 Å². The van der Waals surface area contributed by atoms with Crippen molar-refractivity contribution in [1.82, 2.24) is 48.6 Å². The van der Waals surface area contributed by atoms with Crippen molar-refractivity contribution >= 4 is 45.9 Å². The van der Waals surface area contributed by atoms with Crippen LogP contribution in [0.5, 0.6) is 0 Å². The Morgan fingerprint density at radius 2 is 1.08 bits per heavy atom. The maximum atomic E-state index is 11.7. The Kier molecular flexibility index (Phi) is 14.4. The number of ketones is 2. The van der Waals surface area contributed by atoms with Gasteiger partial charge in [-0.2, -0.15) is 0 Å². The van der Waals surface area contributed by atoms with E-state index in [1.165, 1.54) is 35.0 Å². The van der Waals surface area contributed by atoms with Crippen LogP contribution in [0, 0.1) is 13.8 Å². The lowest BCUT2D eigenvalue weighted by atomic mass is 10.3. The average molecular weight is 717 g/mol. The second kappa shape index (κ2) is 17.7. The highest BCUT2D eigenvalue weighted by Crippen LogP contribution is 2.04. The number of aryl methyl sites for hydroxylation is 2. The highest BCUT2D eigenvalue weighted by Gasteiger charge is 2.09. The quantitative estimate of drug-likeness (QED) is 0.0736. The van der Waals surface area contributed by atoms with E-state index in [0.717, 1.165) is 25.8 Å². The summed E-state index contributed by atoms with van der Waals surface area (Å²) < 4.78 is 2.77. The van der Waals surface area contributed by atoms with Crippen molar-refractivity contribution in [3.05, 3.63) is 107 Å². The summed E-state index contributed by atoms with van der Waals surface area (Å²) in [6.07, 6.45) is 0. The van der Waals surface area contributed by atoms with Crippen LogP contribution < -0.4 is 67.9 Å². The minimum Gasteiger partial charge on any atom is -0.391 e. The summed E-state index contributed by atoms with van der Waals surface area (Å²) in [4.78, 5) is 126. The molecule has 0 amide bonds. The van der Waals surface area contributed by atoms with Gasteiger partial charge >= 0.3 is 22.8 Å². The first-order valence-corrected chi connectivity index (χ1v) is 13.9. The molecule has 5 aromatic heterocycles. The topological polar surface area (TPSA) is 394 Å². The Morgan fingerprint density at radius 1 is 0.608 bits per heavy atom. The van der Waals surface area contributed by atoms with Crippen LogP contribution in [0.15, 0.2) is 50.5 Å². The number of H-pyrrole nitrogens is 5. The minimum absolute atomic E-state index is 0.0729. The lowest BCUT2D eigenvalue weighted by Crippen LogP contribution is -2.35. The molecule has 24 heteroatoms. The molecule has 274 valence electrons. The number of carbonyl (C=O) groups is 2. The van der Waals surface area contributed by atoms with Crippen LogP contribution >= 0.6 is 0 Å². The van der Waals surface area contributed by atoms with Gasteiger partial charge in [0, 0.05) is 47.1 Å². The number of nitrogens with two attached hydrogens (primary N) is 4. The number of Topliss-reactive ketones (excluding diaryl/α,β-unsaturated/α-hetero) is 2. The Hall–Kier alpha value is -7.40. The van der Waals surface area contributed by atoms with Crippen molar-refractivity contribution in [2.45, 2.75) is 27.7 Å². The van der Waals surface area contributed by atoms with E-state index in [1.54, 1.807) is 13.8 Å². The summed E-state index contributed by atoms with van der Waals surface area (Å²) in [5.74, 6) is -0.681. The van der Waals surface area contributed by atoms with E-state index in [9.17, 15) is 47.9 Å². The van der Waals surface area contributed by atoms with Crippen molar-refractivity contribution in [1.29, 1.82) is 0 Å². The summed E-state index contributed by atoms with van der Waals surface area (Å²) in [5.41, 5.74) is 18.3. The molecule has 0 aliphatic carbocycles. The maximum Gasteiger partial charge on any atom is 0.329 e. The van der Waals surface area contributed by atoms with Crippen molar-refractivity contribution in [3.8, 4) is 0 Å². The third-order valence-electron chi connectivity index (χ3n) is 6.16. The molecule has 0 fully saturated rings. The molecule has 5 heterocycles. The second-order valence-corrected chi connectivity index (χ2v) is 10.1. The zero-order valence-corrected chi connectivity index (χ0v) is 28.3. The molecule has 0 aliphatic heterocycles. The van der Waals surface area contributed by atoms with Gasteiger partial charge in [-0.05, 0) is 13.8 Å². The number of carbonyl (C=O) groups excluding carboxylic acids is 2. The van der Waals surface area contributed by atoms with E-state index in [2.05, 4.69) is 29.9 Å². The highest BCUT2D eigenvalue weighted by atomic mass is 16.2. The van der Waals surface area contributed by atoms with Crippen LogP contribution in [0.3, 0.4) is 0 Å². The molecule has 0 unspecified atom stereocenters. The second-order valence-electron chi connectivity index (χ2n) is 10.1. The number of anilines is 4. The van der Waals surface area contributed by atoms with Gasteiger partial charge in [-0.1, -0.05) is 0 Å². The molecular weight excluding hydrogens is 680 g/mol. The normalized spacial score (nSPS) is 9.78. The van der Waals surface area contributed by atoms with Crippen molar-refractivity contribution in [2.75, 3.05) is 22.9 Å². The smallest absolute Gasteiger partial charge is 0.329 e. The van der Waals surface area contributed by atoms with Crippen LogP contribution in [0.1, 0.15) is 25.2 Å². The fourth-order valence-electron chi connectivity index (χ4n) is 2.99. The van der Waals surface area contributed by atoms with E-state index in [0.29, 0.717) is 11.4 Å². The molecule has 51 heavy (non-hydrogen) atoms. The predicted octanol–water partition coefficient (Wildman–Crippen LogP) is -4.66. The maximum absolute atomic E-state index is 11.7. The molecule has 0 aliphatic rings. The number of fused-ring (bicyclic) bond motifs is 1. The summed E-state index contributed by atoms with van der Waals surface area (Å²) in [6, 6.07) is 2.25. The van der Waals surface area contributed by atoms with Gasteiger partial charge in [0.15, 0.2) is 22.7 Å². The highest BCUT2D eigenvalue weighted by molar-refractivity contribution is 6.35. The molecule has 5 aromatic rings. The Balaban J connectivity index is 0.000000329. The average Bonchev–Trinajstić information content (AvgIpc) is 3.02. The van der Waals surface area contributed by atoms with Gasteiger partial charge in [-0.25, -0.2) is 29.1 Å². The molecule has 0 saturated carbocycles. The first kappa shape index (κ1) is 41.6. The Morgan fingerprint density at radius 3 is 1.57 bits per heavy atom. The Labute approximate surface area is 282 Å². The molecule has 0 aromatic carbocycles. The van der Waals surface area contributed by atoms with E-state index in [-0.39, 0.29) is 45.9 Å². The molecule has 5 rings (SSSR count). The number of aromatic amines is 5. The first-order valence-electron chi connectivity index (χ1n) is 13.9. The molecule has 0 saturated heterocycles. The summed E-state index contributed by atoms with van der Waals surface area (Å²) in [6.45, 7) is 6.05. The van der Waals surface area contributed by atoms with Gasteiger partial charge in [0.2, 0.25) is 0 Å². The largest absolute Gasteiger partial charge is 0.391 e. The summed E-state index contributed by atoms with van der Waals surface area (Å²) in [7, 11) is 4.09.